The fraction of sp³-hybridized carbons (Fsp3) is 0.161. The Balaban J connectivity index is 1.55. The molecule has 0 bridgehead atoms. The van der Waals surface area contributed by atoms with Crippen molar-refractivity contribution in [3.63, 3.8) is 0 Å². The third-order valence-corrected chi connectivity index (χ3v) is 6.37. The van der Waals surface area contributed by atoms with Crippen LogP contribution in [0, 0.1) is 5.41 Å². The van der Waals surface area contributed by atoms with E-state index in [-0.39, 0.29) is 23.4 Å². The first-order valence-corrected chi connectivity index (χ1v) is 12.3. The number of carbonyl (C=O) groups is 1. The number of nitrogen functional groups attached to an aromatic ring is 1. The van der Waals surface area contributed by atoms with Crippen LogP contribution in [0.5, 0.6) is 5.75 Å². The summed E-state index contributed by atoms with van der Waals surface area (Å²) in [7, 11) is 0. The van der Waals surface area contributed by atoms with Crippen molar-refractivity contribution < 1.29 is 9.90 Å². The minimum atomic E-state index is -0.505. The van der Waals surface area contributed by atoms with Crippen molar-refractivity contribution in [3.8, 4) is 5.75 Å². The van der Waals surface area contributed by atoms with Gasteiger partial charge in [0.15, 0.2) is 0 Å². The second-order valence-corrected chi connectivity index (χ2v) is 9.04. The normalized spacial score (nSPS) is 11.7. The van der Waals surface area contributed by atoms with Gasteiger partial charge < -0.3 is 21.5 Å². The van der Waals surface area contributed by atoms with Gasteiger partial charge in [0.05, 0.1) is 6.04 Å². The number of phenolic OH excluding ortho intramolecular Hbond substituents is 1. The zero-order valence-corrected chi connectivity index (χ0v) is 20.6. The quantitative estimate of drug-likeness (QED) is 0.159. The van der Waals surface area contributed by atoms with Crippen LogP contribution in [-0.2, 0) is 17.8 Å². The van der Waals surface area contributed by atoms with Crippen molar-refractivity contribution in [2.75, 3.05) is 6.54 Å². The van der Waals surface area contributed by atoms with Crippen LogP contribution in [0.25, 0.3) is 0 Å². The lowest BCUT2D eigenvalue weighted by molar-refractivity contribution is -0.123. The molecule has 0 spiro atoms. The average molecular weight is 493 g/mol. The fourth-order valence-corrected chi connectivity index (χ4v) is 4.34. The first-order valence-electron chi connectivity index (χ1n) is 12.3. The van der Waals surface area contributed by atoms with Gasteiger partial charge in [-0.3, -0.25) is 10.2 Å². The number of nitrogens with one attached hydrogen (secondary N) is 3. The second-order valence-electron chi connectivity index (χ2n) is 9.04. The van der Waals surface area contributed by atoms with E-state index in [4.69, 9.17) is 11.1 Å². The molecule has 0 aliphatic carbocycles. The molecule has 0 aliphatic rings. The largest absolute Gasteiger partial charge is 0.508 e. The van der Waals surface area contributed by atoms with Gasteiger partial charge in [0.1, 0.15) is 11.6 Å². The molecular formula is C31H32N4O2. The number of phenols is 1. The van der Waals surface area contributed by atoms with Crippen LogP contribution < -0.4 is 16.4 Å². The van der Waals surface area contributed by atoms with E-state index in [1.165, 1.54) is 11.1 Å². The molecule has 0 saturated heterocycles. The number of rotatable bonds is 11. The Morgan fingerprint density at radius 3 is 2.03 bits per heavy atom. The fourth-order valence-electron chi connectivity index (χ4n) is 4.34. The molecule has 4 rings (SSSR count). The van der Waals surface area contributed by atoms with Crippen LogP contribution >= 0.6 is 0 Å². The van der Waals surface area contributed by atoms with Gasteiger partial charge >= 0.3 is 0 Å². The molecule has 0 aliphatic heterocycles. The van der Waals surface area contributed by atoms with Crippen molar-refractivity contribution in [1.29, 1.82) is 5.41 Å². The molecule has 0 saturated carbocycles. The van der Waals surface area contributed by atoms with E-state index in [0.29, 0.717) is 25.1 Å². The summed E-state index contributed by atoms with van der Waals surface area (Å²) < 4.78 is 0. The highest BCUT2D eigenvalue weighted by Crippen LogP contribution is 2.24. The molecule has 6 heteroatoms. The lowest BCUT2D eigenvalue weighted by Crippen LogP contribution is -2.46. The molecule has 188 valence electrons. The van der Waals surface area contributed by atoms with Gasteiger partial charge in [0.2, 0.25) is 5.91 Å². The summed E-state index contributed by atoms with van der Waals surface area (Å²) in [6, 6.07) is 34.3. The molecule has 0 heterocycles. The third kappa shape index (κ3) is 7.29. The number of amidine groups is 1. The van der Waals surface area contributed by atoms with Gasteiger partial charge in [-0.25, -0.2) is 0 Å². The number of nitrogens with two attached hydrogens (primary N) is 1. The van der Waals surface area contributed by atoms with E-state index >= 15 is 0 Å². The van der Waals surface area contributed by atoms with Gasteiger partial charge in [-0.2, -0.15) is 0 Å². The zero-order valence-electron chi connectivity index (χ0n) is 20.6. The van der Waals surface area contributed by atoms with Crippen molar-refractivity contribution in [1.82, 2.24) is 10.6 Å². The summed E-state index contributed by atoms with van der Waals surface area (Å²) in [4.78, 5) is 13.4. The highest BCUT2D eigenvalue weighted by atomic mass is 16.3. The molecule has 4 aromatic rings. The molecule has 1 atom stereocenters. The average Bonchev–Trinajstić information content (AvgIpc) is 2.93. The van der Waals surface area contributed by atoms with E-state index < -0.39 is 6.04 Å². The van der Waals surface area contributed by atoms with E-state index in [2.05, 4.69) is 34.9 Å². The summed E-state index contributed by atoms with van der Waals surface area (Å²) in [5.41, 5.74) is 10.5. The molecule has 6 nitrogen and oxygen atoms in total. The highest BCUT2D eigenvalue weighted by molar-refractivity contribution is 5.95. The highest BCUT2D eigenvalue weighted by Gasteiger charge is 2.22. The van der Waals surface area contributed by atoms with Crippen molar-refractivity contribution in [3.05, 3.63) is 137 Å². The van der Waals surface area contributed by atoms with Crippen LogP contribution in [0.15, 0.2) is 109 Å². The van der Waals surface area contributed by atoms with Crippen LogP contribution in [0.3, 0.4) is 0 Å². The van der Waals surface area contributed by atoms with Gasteiger partial charge in [0.25, 0.3) is 0 Å². The molecule has 1 unspecified atom stereocenters. The van der Waals surface area contributed by atoms with Crippen molar-refractivity contribution >= 4 is 11.7 Å². The smallest absolute Gasteiger partial charge is 0.237 e. The van der Waals surface area contributed by atoms with E-state index in [1.54, 1.807) is 30.3 Å². The Kier molecular flexibility index (Phi) is 8.68. The van der Waals surface area contributed by atoms with Crippen molar-refractivity contribution in [2.24, 2.45) is 5.73 Å². The number of hydrogen-bond acceptors (Lipinski definition) is 4. The first kappa shape index (κ1) is 25.7. The Hall–Kier alpha value is -4.42. The summed E-state index contributed by atoms with van der Waals surface area (Å²) in [6.07, 6.45) is 0.443. The number of benzene rings is 4. The number of aromatic hydroxyl groups is 1. The van der Waals surface area contributed by atoms with Gasteiger partial charge in [-0.15, -0.1) is 0 Å². The maximum Gasteiger partial charge on any atom is 0.237 e. The number of hydrogen-bond donors (Lipinski definition) is 5. The zero-order chi connectivity index (χ0) is 26.0. The van der Waals surface area contributed by atoms with Gasteiger partial charge in [0, 0.05) is 24.6 Å². The summed E-state index contributed by atoms with van der Waals surface area (Å²) in [5, 5.41) is 23.9. The second kappa shape index (κ2) is 12.5. The van der Waals surface area contributed by atoms with E-state index in [0.717, 1.165) is 11.1 Å². The van der Waals surface area contributed by atoms with Crippen LogP contribution in [0.1, 0.15) is 33.7 Å². The Morgan fingerprint density at radius 1 is 0.811 bits per heavy atom. The third-order valence-electron chi connectivity index (χ3n) is 6.37. The molecule has 0 fully saturated rings. The summed E-state index contributed by atoms with van der Waals surface area (Å²) in [5.74, 6) is 0.128. The van der Waals surface area contributed by atoms with Gasteiger partial charge in [-0.05, 0) is 46.9 Å². The Morgan fingerprint density at radius 2 is 1.43 bits per heavy atom. The summed E-state index contributed by atoms with van der Waals surface area (Å²) >= 11 is 0. The molecule has 1 amide bonds. The molecule has 4 aromatic carbocycles. The van der Waals surface area contributed by atoms with Crippen LogP contribution in [0.2, 0.25) is 0 Å². The van der Waals surface area contributed by atoms with E-state index in [9.17, 15) is 9.90 Å². The maximum atomic E-state index is 13.4. The SMILES string of the molecule is N=C(N)c1cccc(CC(NCC(c2ccccc2)c2ccccc2)C(=O)NCc2ccc(O)cc2)c1. The number of carbonyl (C=O) groups excluding carboxylic acids is 1. The monoisotopic (exact) mass is 492 g/mol. The predicted octanol–water partition coefficient (Wildman–Crippen LogP) is 4.33. The van der Waals surface area contributed by atoms with Gasteiger partial charge in [-0.1, -0.05) is 91.0 Å². The predicted molar refractivity (Wildman–Crippen MR) is 148 cm³/mol. The first-order chi connectivity index (χ1) is 18.0. The van der Waals surface area contributed by atoms with Crippen LogP contribution in [0.4, 0.5) is 0 Å². The maximum absolute atomic E-state index is 13.4. The molecule has 37 heavy (non-hydrogen) atoms. The van der Waals surface area contributed by atoms with Crippen LogP contribution in [-0.4, -0.2) is 29.4 Å². The minimum absolute atomic E-state index is 0.00337. The van der Waals surface area contributed by atoms with E-state index in [1.807, 2.05) is 54.6 Å². The lowest BCUT2D eigenvalue weighted by Gasteiger charge is -2.24. The van der Waals surface area contributed by atoms with Crippen molar-refractivity contribution in [2.45, 2.75) is 24.9 Å². The topological polar surface area (TPSA) is 111 Å². The molecular weight excluding hydrogens is 460 g/mol. The summed E-state index contributed by atoms with van der Waals surface area (Å²) in [6.45, 7) is 0.920. The lowest BCUT2D eigenvalue weighted by atomic mass is 9.90. The molecule has 0 aromatic heterocycles. The number of amides is 1. The minimum Gasteiger partial charge on any atom is -0.508 e. The Bertz CT molecular complexity index is 1270. The standard InChI is InChI=1S/C31H32N4O2/c32-30(33)26-13-7-8-23(18-26)19-29(31(37)35-20-22-14-16-27(36)17-15-22)34-21-28(24-9-3-1-4-10-24)25-11-5-2-6-12-25/h1-18,28-29,34,36H,19-21H2,(H3,32,33)(H,35,37). The Labute approximate surface area is 217 Å². The molecule has 0 radical (unpaired) electrons. The molecule has 6 N–H and O–H groups in total.